The molecule has 1 aliphatic carbocycles. The Bertz CT molecular complexity index is 1250. The zero-order valence-corrected chi connectivity index (χ0v) is 20.5. The smallest absolute Gasteiger partial charge is 0.253 e. The maximum Gasteiger partial charge on any atom is 0.253 e. The van der Waals surface area contributed by atoms with E-state index in [1.165, 1.54) is 4.88 Å². The highest BCUT2D eigenvalue weighted by molar-refractivity contribution is 7.13. The predicted octanol–water partition coefficient (Wildman–Crippen LogP) is 4.02. The zero-order chi connectivity index (χ0) is 24.4. The molecular weight excluding hydrogens is 470 g/mol. The van der Waals surface area contributed by atoms with Gasteiger partial charge in [0.25, 0.3) is 11.8 Å². The average molecular weight is 499 g/mol. The Morgan fingerprint density at radius 3 is 2.57 bits per heavy atom. The minimum absolute atomic E-state index is 0.187. The maximum absolute atomic E-state index is 14.0. The molecule has 184 valence electrons. The van der Waals surface area contributed by atoms with Gasteiger partial charge in [-0.1, -0.05) is 0 Å². The third-order valence-corrected chi connectivity index (χ3v) is 8.52. The molecule has 1 unspecified atom stereocenters. The average Bonchev–Trinajstić information content (AvgIpc) is 3.18. The van der Waals surface area contributed by atoms with Crippen molar-refractivity contribution in [2.75, 3.05) is 13.1 Å². The van der Waals surface area contributed by atoms with Crippen molar-refractivity contribution in [3.63, 3.8) is 0 Å². The van der Waals surface area contributed by atoms with Gasteiger partial charge in [0.2, 0.25) is 0 Å². The van der Waals surface area contributed by atoms with E-state index in [9.17, 15) is 13.6 Å². The lowest BCUT2D eigenvalue weighted by Crippen LogP contribution is -2.56. The van der Waals surface area contributed by atoms with Gasteiger partial charge in [0.15, 0.2) is 5.66 Å². The highest BCUT2D eigenvalue weighted by Gasteiger charge is 2.50. The van der Waals surface area contributed by atoms with Crippen LogP contribution in [0.3, 0.4) is 0 Å². The molecule has 35 heavy (non-hydrogen) atoms. The number of alkyl halides is 2. The number of carbonyl (C=O) groups is 1. The normalized spacial score (nSPS) is 26.3. The largest absolute Gasteiger partial charge is 0.371 e. The number of thiophene rings is 1. The fourth-order valence-electron chi connectivity index (χ4n) is 5.21. The second-order valence-corrected chi connectivity index (χ2v) is 11.3. The van der Waals surface area contributed by atoms with Crippen LogP contribution in [0.25, 0.3) is 5.70 Å². The number of hydrogen-bond donors (Lipinski definition) is 3. The molecule has 7 nitrogen and oxygen atoms in total. The molecule has 0 aromatic carbocycles. The summed E-state index contributed by atoms with van der Waals surface area (Å²) in [5.41, 5.74) is 2.08. The number of amides is 1. The van der Waals surface area contributed by atoms with Crippen LogP contribution in [0, 0.1) is 6.92 Å². The maximum atomic E-state index is 14.0. The molecule has 1 amide bonds. The van der Waals surface area contributed by atoms with E-state index in [0.717, 1.165) is 34.8 Å². The van der Waals surface area contributed by atoms with Gasteiger partial charge in [-0.25, -0.2) is 8.78 Å². The molecule has 1 saturated carbocycles. The van der Waals surface area contributed by atoms with Gasteiger partial charge in [0, 0.05) is 49.4 Å². The molecule has 3 N–H and O–H groups in total. The monoisotopic (exact) mass is 498 g/mol. The van der Waals surface area contributed by atoms with E-state index in [1.807, 2.05) is 36.4 Å². The fourth-order valence-corrected chi connectivity index (χ4v) is 6.09. The number of rotatable bonds is 5. The first-order chi connectivity index (χ1) is 16.7. The quantitative estimate of drug-likeness (QED) is 0.581. The Morgan fingerprint density at radius 1 is 1.17 bits per heavy atom. The molecule has 3 aliphatic heterocycles. The summed E-state index contributed by atoms with van der Waals surface area (Å²) in [4.78, 5) is 19.9. The molecule has 2 aromatic heterocycles. The van der Waals surface area contributed by atoms with Crippen LogP contribution < -0.4 is 10.6 Å². The molecule has 0 radical (unpaired) electrons. The number of H-pyrrole nitrogens is 1. The van der Waals surface area contributed by atoms with Crippen LogP contribution >= 0.6 is 11.3 Å². The highest BCUT2D eigenvalue weighted by atomic mass is 32.1. The van der Waals surface area contributed by atoms with Gasteiger partial charge in [-0.3, -0.25) is 9.89 Å². The Balaban J connectivity index is 1.35. The van der Waals surface area contributed by atoms with Gasteiger partial charge >= 0.3 is 0 Å². The summed E-state index contributed by atoms with van der Waals surface area (Å²) in [6.45, 7) is 4.58. The first-order valence-corrected chi connectivity index (χ1v) is 12.7. The Labute approximate surface area is 206 Å². The van der Waals surface area contributed by atoms with Gasteiger partial charge in [0.1, 0.15) is 0 Å². The van der Waals surface area contributed by atoms with E-state index in [2.05, 4.69) is 44.8 Å². The molecule has 4 aliphatic rings. The summed E-state index contributed by atoms with van der Waals surface area (Å²) in [5.74, 6) is -2.83. The molecule has 5 heterocycles. The third kappa shape index (κ3) is 3.74. The number of aryl methyl sites for hydroxylation is 1. The second kappa shape index (κ2) is 7.68. The number of likely N-dealkylation sites (tertiary alicyclic amines) is 1. The zero-order valence-electron chi connectivity index (χ0n) is 19.7. The van der Waals surface area contributed by atoms with E-state index < -0.39 is 17.1 Å². The lowest BCUT2D eigenvalue weighted by atomic mass is 9.95. The van der Waals surface area contributed by atoms with Crippen molar-refractivity contribution >= 4 is 22.9 Å². The lowest BCUT2D eigenvalue weighted by molar-refractivity contribution is -0.118. The molecule has 0 bridgehead atoms. The van der Waals surface area contributed by atoms with Crippen molar-refractivity contribution in [3.05, 3.63) is 69.6 Å². The van der Waals surface area contributed by atoms with Crippen LogP contribution in [-0.4, -0.2) is 50.6 Å². The molecule has 2 aromatic rings. The van der Waals surface area contributed by atoms with Crippen molar-refractivity contribution in [2.24, 2.45) is 0 Å². The van der Waals surface area contributed by atoms with E-state index in [4.69, 9.17) is 0 Å². The fraction of sp³-hybridized carbons (Fsp3) is 0.440. The van der Waals surface area contributed by atoms with Crippen LogP contribution in [0.5, 0.6) is 0 Å². The van der Waals surface area contributed by atoms with Crippen LogP contribution in [0.4, 0.5) is 8.78 Å². The van der Waals surface area contributed by atoms with Crippen LogP contribution in [0.15, 0.2) is 54.1 Å². The lowest BCUT2D eigenvalue weighted by Gasteiger charge is -2.47. The van der Waals surface area contributed by atoms with Crippen LogP contribution in [0.2, 0.25) is 0 Å². The highest BCUT2D eigenvalue weighted by Crippen LogP contribution is 2.46. The predicted molar refractivity (Wildman–Crippen MR) is 130 cm³/mol. The summed E-state index contributed by atoms with van der Waals surface area (Å²) >= 11 is 1.68. The summed E-state index contributed by atoms with van der Waals surface area (Å²) < 4.78 is 27.9. The van der Waals surface area contributed by atoms with Crippen LogP contribution in [0.1, 0.15) is 48.1 Å². The molecular formula is C25H28F2N6OS. The Morgan fingerprint density at radius 2 is 1.94 bits per heavy atom. The topological polar surface area (TPSA) is 76.3 Å². The number of aromatic nitrogens is 2. The molecule has 10 heteroatoms. The second-order valence-electron chi connectivity index (χ2n) is 9.99. The number of halogens is 2. The SMILES string of the molecule is Cc1ccc(C2=CNC3(C)C(N4CCC(F)(F)CC4)=CC(C(=O)NC4(c5ccn[nH]5)CC4)=CN23)s1. The van der Waals surface area contributed by atoms with Crippen molar-refractivity contribution < 1.29 is 13.6 Å². The Kier molecular flexibility index (Phi) is 4.90. The van der Waals surface area contributed by atoms with E-state index in [1.54, 1.807) is 17.5 Å². The van der Waals surface area contributed by atoms with E-state index in [0.29, 0.717) is 5.57 Å². The molecule has 1 saturated heterocycles. The summed E-state index contributed by atoms with van der Waals surface area (Å²) in [7, 11) is 0. The number of piperidine rings is 1. The van der Waals surface area contributed by atoms with Crippen molar-refractivity contribution in [1.82, 2.24) is 30.6 Å². The first kappa shape index (κ1) is 22.3. The van der Waals surface area contributed by atoms with Gasteiger partial charge in [-0.15, -0.1) is 11.3 Å². The van der Waals surface area contributed by atoms with Crippen LogP contribution in [-0.2, 0) is 10.3 Å². The number of carbonyl (C=O) groups excluding carboxylic acids is 1. The number of nitrogens with zero attached hydrogens (tertiary/aromatic N) is 3. The summed E-state index contributed by atoms with van der Waals surface area (Å²) in [5, 5.41) is 13.7. The van der Waals surface area contributed by atoms with Gasteiger partial charge in [0.05, 0.1) is 33.1 Å². The molecule has 2 fully saturated rings. The first-order valence-electron chi connectivity index (χ1n) is 11.9. The van der Waals surface area contributed by atoms with Crippen molar-refractivity contribution in [3.8, 4) is 0 Å². The summed E-state index contributed by atoms with van der Waals surface area (Å²) in [6.07, 6.45) is 8.68. The number of fused-ring (bicyclic) bond motifs is 1. The van der Waals surface area contributed by atoms with Gasteiger partial charge in [-0.2, -0.15) is 5.10 Å². The Hall–Kier alpha value is -3.14. The van der Waals surface area contributed by atoms with E-state index >= 15 is 0 Å². The van der Waals surface area contributed by atoms with E-state index in [-0.39, 0.29) is 31.8 Å². The molecule has 6 rings (SSSR count). The van der Waals surface area contributed by atoms with Gasteiger partial charge < -0.3 is 20.4 Å². The minimum Gasteiger partial charge on any atom is -0.371 e. The third-order valence-electron chi connectivity index (χ3n) is 7.50. The molecule has 1 atom stereocenters. The van der Waals surface area contributed by atoms with Gasteiger partial charge in [-0.05, 0) is 51.0 Å². The number of nitrogens with one attached hydrogen (secondary N) is 3. The summed E-state index contributed by atoms with van der Waals surface area (Å²) in [6, 6.07) is 6.03. The van der Waals surface area contributed by atoms with Crippen molar-refractivity contribution in [2.45, 2.75) is 56.7 Å². The molecule has 0 spiro atoms. The standard InChI is InChI=1S/C25H28F2N6OS/c1-16-3-4-19(35-16)18-14-28-23(2)21(32-11-8-25(26,27)9-12-32)13-17(15-33(18)23)22(34)30-24(6-7-24)20-5-10-29-31-20/h3-5,10,13-15,28H,6-9,11-12H2,1-2H3,(H,29,31)(H,30,34). The minimum atomic E-state index is -2.65. The van der Waals surface area contributed by atoms with Crippen molar-refractivity contribution in [1.29, 1.82) is 0 Å². The number of hydrogen-bond acceptors (Lipinski definition) is 6. The number of aromatic amines is 1.